The predicted octanol–water partition coefficient (Wildman–Crippen LogP) is 2.41. The number of hydrogen-bond acceptors (Lipinski definition) is 3. The molecule has 140 valence electrons. The number of alkyl halides is 3. The molecule has 1 saturated carbocycles. The molecule has 0 aliphatic heterocycles. The van der Waals surface area contributed by atoms with Crippen molar-refractivity contribution in [2.24, 2.45) is 10.9 Å². The maximum atomic E-state index is 12.6. The van der Waals surface area contributed by atoms with Gasteiger partial charge in [0.25, 0.3) is 0 Å². The minimum atomic E-state index is -4.42. The van der Waals surface area contributed by atoms with Gasteiger partial charge in [-0.2, -0.15) is 13.2 Å². The molecule has 1 aliphatic rings. The van der Waals surface area contributed by atoms with Crippen molar-refractivity contribution in [1.82, 2.24) is 10.6 Å². The Morgan fingerprint density at radius 3 is 2.76 bits per heavy atom. The number of nitrogens with zero attached hydrogens (tertiary/aromatic N) is 1. The van der Waals surface area contributed by atoms with Gasteiger partial charge < -0.3 is 20.5 Å². The molecule has 1 fully saturated rings. The summed E-state index contributed by atoms with van der Waals surface area (Å²) in [5.74, 6) is 1.29. The summed E-state index contributed by atoms with van der Waals surface area (Å²) in [6.07, 6.45) is -4.25. The van der Waals surface area contributed by atoms with Crippen LogP contribution in [0.25, 0.3) is 0 Å². The number of guanidine groups is 1. The summed E-state index contributed by atoms with van der Waals surface area (Å²) in [5.41, 5.74) is -0.783. The van der Waals surface area contributed by atoms with E-state index < -0.39 is 17.8 Å². The SMILES string of the molecule is CCNC(=NCC(O)COc1cccc(C(F)(F)F)c1)NC1CC1C. The van der Waals surface area contributed by atoms with Gasteiger partial charge in [-0.1, -0.05) is 13.0 Å². The van der Waals surface area contributed by atoms with Crippen LogP contribution >= 0.6 is 0 Å². The molecular formula is C17H24F3N3O2. The Morgan fingerprint density at radius 2 is 2.16 bits per heavy atom. The van der Waals surface area contributed by atoms with Crippen molar-refractivity contribution in [3.63, 3.8) is 0 Å². The fraction of sp³-hybridized carbons (Fsp3) is 0.588. The van der Waals surface area contributed by atoms with Crippen LogP contribution in [0.3, 0.4) is 0 Å². The molecule has 0 spiro atoms. The molecule has 3 atom stereocenters. The van der Waals surface area contributed by atoms with Crippen LogP contribution in [0.5, 0.6) is 5.75 Å². The molecule has 0 heterocycles. The number of nitrogens with one attached hydrogen (secondary N) is 2. The largest absolute Gasteiger partial charge is 0.491 e. The van der Waals surface area contributed by atoms with Crippen LogP contribution in [-0.2, 0) is 6.18 Å². The molecule has 5 nitrogen and oxygen atoms in total. The molecular weight excluding hydrogens is 335 g/mol. The number of aliphatic imine (C=N–C) groups is 1. The third-order valence-corrected chi connectivity index (χ3v) is 3.84. The third-order valence-electron chi connectivity index (χ3n) is 3.84. The number of hydrogen-bond donors (Lipinski definition) is 3. The molecule has 0 saturated heterocycles. The molecule has 2 rings (SSSR count). The number of rotatable bonds is 7. The van der Waals surface area contributed by atoms with Gasteiger partial charge in [-0.25, -0.2) is 0 Å². The first-order valence-electron chi connectivity index (χ1n) is 8.32. The lowest BCUT2D eigenvalue weighted by molar-refractivity contribution is -0.137. The zero-order valence-electron chi connectivity index (χ0n) is 14.3. The van der Waals surface area contributed by atoms with E-state index in [1.165, 1.54) is 12.1 Å². The van der Waals surface area contributed by atoms with E-state index in [2.05, 4.69) is 22.5 Å². The van der Waals surface area contributed by atoms with Gasteiger partial charge in [-0.05, 0) is 37.5 Å². The third kappa shape index (κ3) is 6.45. The summed E-state index contributed by atoms with van der Waals surface area (Å²) < 4.78 is 43.2. The Hall–Kier alpha value is -1.96. The summed E-state index contributed by atoms with van der Waals surface area (Å²) in [6.45, 7) is 4.74. The highest BCUT2D eigenvalue weighted by Gasteiger charge is 2.33. The van der Waals surface area contributed by atoms with Gasteiger partial charge in [0.15, 0.2) is 5.96 Å². The topological polar surface area (TPSA) is 65.9 Å². The molecule has 0 aromatic heterocycles. The van der Waals surface area contributed by atoms with Gasteiger partial charge in [0, 0.05) is 12.6 Å². The highest BCUT2D eigenvalue weighted by molar-refractivity contribution is 5.80. The van der Waals surface area contributed by atoms with Crippen molar-refractivity contribution in [2.75, 3.05) is 19.7 Å². The summed E-state index contributed by atoms with van der Waals surface area (Å²) in [6, 6.07) is 4.98. The zero-order chi connectivity index (χ0) is 18.4. The first-order valence-corrected chi connectivity index (χ1v) is 8.32. The number of ether oxygens (including phenoxy) is 1. The minimum Gasteiger partial charge on any atom is -0.491 e. The van der Waals surface area contributed by atoms with Crippen molar-refractivity contribution < 1.29 is 23.0 Å². The van der Waals surface area contributed by atoms with E-state index >= 15 is 0 Å². The summed E-state index contributed by atoms with van der Waals surface area (Å²) in [5, 5.41) is 16.3. The minimum absolute atomic E-state index is 0.0645. The first kappa shape index (κ1) is 19.4. The Morgan fingerprint density at radius 1 is 1.44 bits per heavy atom. The van der Waals surface area contributed by atoms with E-state index in [4.69, 9.17) is 4.74 Å². The van der Waals surface area contributed by atoms with Gasteiger partial charge in [-0.15, -0.1) is 0 Å². The van der Waals surface area contributed by atoms with Gasteiger partial charge >= 0.3 is 6.18 Å². The van der Waals surface area contributed by atoms with Crippen molar-refractivity contribution in [3.05, 3.63) is 29.8 Å². The predicted molar refractivity (Wildman–Crippen MR) is 89.6 cm³/mol. The molecule has 25 heavy (non-hydrogen) atoms. The second-order valence-electron chi connectivity index (χ2n) is 6.17. The van der Waals surface area contributed by atoms with Crippen molar-refractivity contribution in [2.45, 2.75) is 38.6 Å². The Bertz CT molecular complexity index is 593. The Kier molecular flexibility index (Phi) is 6.52. The first-order chi connectivity index (χ1) is 11.8. The van der Waals surface area contributed by atoms with Gasteiger partial charge in [-0.3, -0.25) is 4.99 Å². The fourth-order valence-corrected chi connectivity index (χ4v) is 2.22. The van der Waals surface area contributed by atoms with Crippen LogP contribution in [0.15, 0.2) is 29.3 Å². The van der Waals surface area contributed by atoms with Crippen molar-refractivity contribution in [3.8, 4) is 5.75 Å². The van der Waals surface area contributed by atoms with Crippen LogP contribution in [0.1, 0.15) is 25.8 Å². The van der Waals surface area contributed by atoms with Gasteiger partial charge in [0.1, 0.15) is 18.5 Å². The van der Waals surface area contributed by atoms with Crippen LogP contribution < -0.4 is 15.4 Å². The monoisotopic (exact) mass is 359 g/mol. The van der Waals surface area contributed by atoms with Crippen LogP contribution in [0, 0.1) is 5.92 Å². The average molecular weight is 359 g/mol. The standard InChI is InChI=1S/C17H24F3N3O2/c1-3-21-16(23-15-7-11(15)2)22-9-13(24)10-25-14-6-4-5-12(8-14)17(18,19)20/h4-6,8,11,13,15,24H,3,7,9-10H2,1-2H3,(H2,21,22,23). The van der Waals surface area contributed by atoms with Crippen LogP contribution in [-0.4, -0.2) is 42.9 Å². The molecule has 1 aliphatic carbocycles. The molecule has 8 heteroatoms. The number of halogens is 3. The highest BCUT2D eigenvalue weighted by Crippen LogP contribution is 2.31. The van der Waals surface area contributed by atoms with Crippen LogP contribution in [0.2, 0.25) is 0 Å². The summed E-state index contributed by atoms with van der Waals surface area (Å²) in [4.78, 5) is 4.28. The van der Waals surface area contributed by atoms with E-state index in [0.29, 0.717) is 24.5 Å². The van der Waals surface area contributed by atoms with Crippen LogP contribution in [0.4, 0.5) is 13.2 Å². The molecule has 3 N–H and O–H groups in total. The molecule has 0 amide bonds. The normalized spacial score (nSPS) is 21.6. The van der Waals surface area contributed by atoms with E-state index in [1.807, 2.05) is 6.92 Å². The van der Waals surface area contributed by atoms with Crippen molar-refractivity contribution >= 4 is 5.96 Å². The van der Waals surface area contributed by atoms with E-state index in [1.54, 1.807) is 0 Å². The number of aliphatic hydroxyl groups excluding tert-OH is 1. The highest BCUT2D eigenvalue weighted by atomic mass is 19.4. The van der Waals surface area contributed by atoms with E-state index in [9.17, 15) is 18.3 Å². The van der Waals surface area contributed by atoms with Gasteiger partial charge in [0.05, 0.1) is 12.1 Å². The number of aliphatic hydroxyl groups is 1. The second-order valence-corrected chi connectivity index (χ2v) is 6.17. The summed E-state index contributed by atoms with van der Waals surface area (Å²) >= 11 is 0. The lowest BCUT2D eigenvalue weighted by Gasteiger charge is -2.14. The molecule has 0 bridgehead atoms. The Labute approximate surface area is 145 Å². The maximum absolute atomic E-state index is 12.6. The molecule has 0 radical (unpaired) electrons. The van der Waals surface area contributed by atoms with E-state index in [-0.39, 0.29) is 18.9 Å². The molecule has 1 aromatic rings. The quantitative estimate of drug-likeness (QED) is 0.517. The summed E-state index contributed by atoms with van der Waals surface area (Å²) in [7, 11) is 0. The molecule has 1 aromatic carbocycles. The number of benzene rings is 1. The maximum Gasteiger partial charge on any atom is 0.416 e. The fourth-order valence-electron chi connectivity index (χ4n) is 2.22. The van der Waals surface area contributed by atoms with E-state index in [0.717, 1.165) is 18.6 Å². The zero-order valence-corrected chi connectivity index (χ0v) is 14.3. The van der Waals surface area contributed by atoms with Gasteiger partial charge in [0.2, 0.25) is 0 Å². The Balaban J connectivity index is 1.83. The average Bonchev–Trinajstić information content (AvgIpc) is 3.25. The van der Waals surface area contributed by atoms with Crippen molar-refractivity contribution in [1.29, 1.82) is 0 Å². The lowest BCUT2D eigenvalue weighted by Crippen LogP contribution is -2.40. The smallest absolute Gasteiger partial charge is 0.416 e. The lowest BCUT2D eigenvalue weighted by atomic mass is 10.2. The second kappa shape index (κ2) is 8.42. The molecule has 3 unspecified atom stereocenters.